The second kappa shape index (κ2) is 4.77. The van der Waals surface area contributed by atoms with Gasteiger partial charge in [0.15, 0.2) is 0 Å². The zero-order valence-electron chi connectivity index (χ0n) is 10.9. The van der Waals surface area contributed by atoms with Gasteiger partial charge in [-0.15, -0.1) is 0 Å². The van der Waals surface area contributed by atoms with E-state index < -0.39 is 0 Å². The van der Waals surface area contributed by atoms with E-state index in [1.54, 1.807) is 0 Å². The van der Waals surface area contributed by atoms with E-state index in [0.717, 1.165) is 6.42 Å². The molecule has 0 aromatic heterocycles. The third kappa shape index (κ3) is 3.85. The predicted molar refractivity (Wildman–Crippen MR) is 72.5 cm³/mol. The fraction of sp³-hybridized carbons (Fsp3) is 0.538. The molecule has 2 rings (SSSR count). The summed E-state index contributed by atoms with van der Waals surface area (Å²) < 4.78 is 13.4. The van der Waals surface area contributed by atoms with Gasteiger partial charge in [-0.25, -0.2) is 0 Å². The van der Waals surface area contributed by atoms with Crippen LogP contribution in [0.4, 0.5) is 0 Å². The summed E-state index contributed by atoms with van der Waals surface area (Å²) in [5.74, 6) is -0.0800. The molecule has 0 atom stereocenters. The summed E-state index contributed by atoms with van der Waals surface area (Å²) in [4.78, 5) is 0. The zero-order valence-corrected chi connectivity index (χ0v) is 12.6. The van der Waals surface area contributed by atoms with E-state index in [1.165, 1.54) is 4.46 Å². The van der Waals surface area contributed by atoms with Crippen molar-refractivity contribution < 1.29 is 9.31 Å². The van der Waals surface area contributed by atoms with Gasteiger partial charge in [-0.1, -0.05) is 0 Å². The second-order valence-corrected chi connectivity index (χ2v) is 7.94. The summed E-state index contributed by atoms with van der Waals surface area (Å²) in [7, 11) is 0. The molecule has 0 bridgehead atoms. The molecule has 1 aliphatic heterocycles. The van der Waals surface area contributed by atoms with Crippen LogP contribution in [0.5, 0.6) is 0 Å². The van der Waals surface area contributed by atoms with Gasteiger partial charge in [0.2, 0.25) is 0 Å². The molecule has 1 saturated heterocycles. The molecule has 1 heterocycles. The minimum absolute atomic E-state index is 0.0800. The average molecular weight is 297 g/mol. The SMILES string of the molecule is CC1(C)CC(C)(C)OB([Se]c2ccccc2)O1. The van der Waals surface area contributed by atoms with Crippen LogP contribution in [0.15, 0.2) is 30.3 Å². The van der Waals surface area contributed by atoms with Gasteiger partial charge in [-0.3, -0.25) is 0 Å². The normalized spacial score (nSPS) is 22.5. The summed E-state index contributed by atoms with van der Waals surface area (Å²) >= 11 is 0.205. The van der Waals surface area contributed by atoms with Crippen LogP contribution in [0.25, 0.3) is 0 Å². The molecule has 0 aliphatic carbocycles. The summed E-state index contributed by atoms with van der Waals surface area (Å²) in [6.45, 7) is 8.58. The summed E-state index contributed by atoms with van der Waals surface area (Å²) in [5.41, 5.74) is -0.189. The van der Waals surface area contributed by atoms with Crippen molar-refractivity contribution in [1.82, 2.24) is 0 Å². The fourth-order valence-corrected chi connectivity index (χ4v) is 4.73. The van der Waals surface area contributed by atoms with Crippen LogP contribution in [0, 0.1) is 0 Å². The van der Waals surface area contributed by atoms with E-state index in [-0.39, 0.29) is 31.9 Å². The van der Waals surface area contributed by atoms with Crippen LogP contribution in [-0.4, -0.2) is 31.9 Å². The van der Waals surface area contributed by atoms with E-state index in [9.17, 15) is 0 Å². The summed E-state index contributed by atoms with van der Waals surface area (Å²) in [5, 5.41) is 0. The predicted octanol–water partition coefficient (Wildman–Crippen LogP) is 2.00. The molecule has 0 saturated carbocycles. The molecule has 1 aromatic carbocycles. The fourth-order valence-electron chi connectivity index (χ4n) is 2.31. The first-order valence-electron chi connectivity index (χ1n) is 5.94. The van der Waals surface area contributed by atoms with E-state index >= 15 is 0 Å². The second-order valence-electron chi connectivity index (χ2n) is 5.65. The Labute approximate surface area is 110 Å². The average Bonchev–Trinajstić information content (AvgIpc) is 2.13. The van der Waals surface area contributed by atoms with Crippen LogP contribution < -0.4 is 4.46 Å². The van der Waals surface area contributed by atoms with Gasteiger partial charge in [0.25, 0.3) is 0 Å². The van der Waals surface area contributed by atoms with Crippen molar-refractivity contribution in [3.63, 3.8) is 0 Å². The minimum atomic E-state index is -0.0943. The first-order chi connectivity index (χ1) is 7.86. The van der Waals surface area contributed by atoms with Gasteiger partial charge in [-0.05, 0) is 0 Å². The molecule has 0 N–H and O–H groups in total. The first kappa shape index (κ1) is 13.2. The Bertz CT molecular complexity index is 362. The van der Waals surface area contributed by atoms with Gasteiger partial charge >= 0.3 is 110 Å². The first-order valence-corrected chi connectivity index (χ1v) is 7.78. The van der Waals surface area contributed by atoms with Crippen molar-refractivity contribution in [2.45, 2.75) is 45.3 Å². The van der Waals surface area contributed by atoms with Crippen molar-refractivity contribution >= 4 is 25.2 Å². The summed E-state index contributed by atoms with van der Waals surface area (Å²) in [6, 6.07) is 10.4. The molecule has 1 aliphatic rings. The molecule has 1 aromatic rings. The molecule has 4 heteroatoms. The Morgan fingerprint density at radius 1 is 1.00 bits per heavy atom. The number of hydrogen-bond donors (Lipinski definition) is 0. The van der Waals surface area contributed by atoms with Crippen LogP contribution in [-0.2, 0) is 9.31 Å². The van der Waals surface area contributed by atoms with Crippen LogP contribution >= 0.6 is 0 Å². The van der Waals surface area contributed by atoms with Crippen molar-refractivity contribution in [2.24, 2.45) is 0 Å². The molecule has 17 heavy (non-hydrogen) atoms. The van der Waals surface area contributed by atoms with E-state index in [2.05, 4.69) is 52.0 Å². The van der Waals surface area contributed by atoms with Crippen molar-refractivity contribution in [2.75, 3.05) is 0 Å². The van der Waals surface area contributed by atoms with Crippen LogP contribution in [0.2, 0.25) is 0 Å². The molecule has 0 unspecified atom stereocenters. The van der Waals surface area contributed by atoms with E-state index in [4.69, 9.17) is 9.31 Å². The van der Waals surface area contributed by atoms with Crippen molar-refractivity contribution in [3.05, 3.63) is 30.3 Å². The van der Waals surface area contributed by atoms with Gasteiger partial charge in [0.05, 0.1) is 0 Å². The molecule has 92 valence electrons. The number of rotatable bonds is 2. The Balaban J connectivity index is 2.06. The Kier molecular flexibility index (Phi) is 3.70. The molecule has 0 radical (unpaired) electrons. The zero-order chi connectivity index (χ0) is 12.5. The van der Waals surface area contributed by atoms with E-state index in [1.807, 2.05) is 6.07 Å². The topological polar surface area (TPSA) is 18.5 Å². The Morgan fingerprint density at radius 2 is 1.53 bits per heavy atom. The maximum absolute atomic E-state index is 6.02. The third-order valence-corrected chi connectivity index (χ3v) is 4.61. The third-order valence-electron chi connectivity index (χ3n) is 2.66. The van der Waals surface area contributed by atoms with Gasteiger partial charge < -0.3 is 0 Å². The summed E-state index contributed by atoms with van der Waals surface area (Å²) in [6.07, 6.45) is 0.932. The Hall–Kier alpha value is -0.276. The molecule has 2 nitrogen and oxygen atoms in total. The molecule has 0 spiro atoms. The van der Waals surface area contributed by atoms with Gasteiger partial charge in [0, 0.05) is 0 Å². The molecule has 1 fully saturated rings. The quantitative estimate of drug-likeness (QED) is 0.777. The molecule has 0 amide bonds. The van der Waals surface area contributed by atoms with Gasteiger partial charge in [-0.2, -0.15) is 0 Å². The maximum atomic E-state index is 6.02. The number of hydrogen-bond acceptors (Lipinski definition) is 2. The Morgan fingerprint density at radius 3 is 2.06 bits per heavy atom. The molecular formula is C13H19BO2Se. The molecular weight excluding hydrogens is 278 g/mol. The van der Waals surface area contributed by atoms with Crippen molar-refractivity contribution in [3.8, 4) is 0 Å². The number of benzene rings is 1. The van der Waals surface area contributed by atoms with Crippen LogP contribution in [0.1, 0.15) is 34.1 Å². The van der Waals surface area contributed by atoms with Crippen molar-refractivity contribution in [1.29, 1.82) is 0 Å². The monoisotopic (exact) mass is 298 g/mol. The van der Waals surface area contributed by atoms with E-state index in [0.29, 0.717) is 0 Å². The van der Waals surface area contributed by atoms with Gasteiger partial charge in [0.1, 0.15) is 0 Å². The van der Waals surface area contributed by atoms with Crippen LogP contribution in [0.3, 0.4) is 0 Å². The standard InChI is InChI=1S/C13H19BO2Se/c1-12(2)10-13(3,4)16-14(15-12)17-11-8-6-5-7-9-11/h5-9H,10H2,1-4H3.